The summed E-state index contributed by atoms with van der Waals surface area (Å²) in [6.07, 6.45) is 0. The molecule has 7 aromatic carbocycles. The number of rotatable bonds is 3. The Hall–Kier alpha value is -6.19. The van der Waals surface area contributed by atoms with Gasteiger partial charge >= 0.3 is 0 Å². The van der Waals surface area contributed by atoms with Crippen LogP contribution < -0.4 is 0 Å². The maximum atomic E-state index is 6.47. The van der Waals surface area contributed by atoms with Crippen molar-refractivity contribution in [2.24, 2.45) is 0 Å². The molecule has 46 heavy (non-hydrogen) atoms. The Bertz CT molecular complexity index is 2790. The highest BCUT2D eigenvalue weighted by Crippen LogP contribution is 2.42. The molecule has 10 rings (SSSR count). The molecule has 0 N–H and O–H groups in total. The Morgan fingerprint density at radius 3 is 2.00 bits per heavy atom. The molecule has 0 fully saturated rings. The van der Waals surface area contributed by atoms with Gasteiger partial charge in [0.15, 0.2) is 0 Å². The molecule has 0 amide bonds. The fraction of sp³-hybridized carbons (Fsp3) is 0. The molecular formula is C43H26N2O. The lowest BCUT2D eigenvalue weighted by Crippen LogP contribution is -1.94. The van der Waals surface area contributed by atoms with Crippen LogP contribution in [0.5, 0.6) is 0 Å². The zero-order chi connectivity index (χ0) is 30.2. The summed E-state index contributed by atoms with van der Waals surface area (Å²) in [5.74, 6) is 0. The molecule has 0 aliphatic rings. The second-order valence-electron chi connectivity index (χ2n) is 11.9. The van der Waals surface area contributed by atoms with Gasteiger partial charge in [-0.1, -0.05) is 109 Å². The number of fused-ring (bicyclic) bond motifs is 10. The van der Waals surface area contributed by atoms with E-state index >= 15 is 0 Å². The smallest absolute Gasteiger partial charge is 0.137 e. The number of pyridine rings is 1. The summed E-state index contributed by atoms with van der Waals surface area (Å²) in [5, 5.41) is 8.11. The van der Waals surface area contributed by atoms with Crippen LogP contribution in [0.25, 0.3) is 93.5 Å². The number of aromatic nitrogens is 2. The molecule has 10 aromatic rings. The Morgan fingerprint density at radius 2 is 1.13 bits per heavy atom. The molecule has 0 radical (unpaired) electrons. The number of nitrogens with zero attached hydrogens (tertiary/aromatic N) is 2. The minimum absolute atomic E-state index is 0.849. The summed E-state index contributed by atoms with van der Waals surface area (Å²) in [7, 11) is 0. The SMILES string of the molecule is c1ccc(-c2cc(-c3ccc4c5ccccc5n(-c5ccccc5)c4c3)nc3c2ccc2oc4ccc5ccccc5c4c23)cc1. The zero-order valence-corrected chi connectivity index (χ0v) is 24.8. The minimum atomic E-state index is 0.849. The van der Waals surface area contributed by atoms with E-state index in [0.29, 0.717) is 0 Å². The van der Waals surface area contributed by atoms with E-state index in [9.17, 15) is 0 Å². The van der Waals surface area contributed by atoms with Crippen LogP contribution in [-0.4, -0.2) is 9.55 Å². The van der Waals surface area contributed by atoms with Crippen LogP contribution in [-0.2, 0) is 0 Å². The summed E-state index contributed by atoms with van der Waals surface area (Å²) in [5.41, 5.74) is 10.5. The van der Waals surface area contributed by atoms with E-state index in [4.69, 9.17) is 9.40 Å². The number of hydrogen-bond acceptors (Lipinski definition) is 2. The van der Waals surface area contributed by atoms with Crippen LogP contribution in [0.2, 0.25) is 0 Å². The number of furan rings is 1. The Balaban J connectivity index is 1.33. The summed E-state index contributed by atoms with van der Waals surface area (Å²) in [6.45, 7) is 0. The second-order valence-corrected chi connectivity index (χ2v) is 11.9. The van der Waals surface area contributed by atoms with Crippen molar-refractivity contribution in [1.82, 2.24) is 9.55 Å². The van der Waals surface area contributed by atoms with Gasteiger partial charge in [0.05, 0.1) is 27.6 Å². The minimum Gasteiger partial charge on any atom is -0.456 e. The lowest BCUT2D eigenvalue weighted by Gasteiger charge is -2.12. The van der Waals surface area contributed by atoms with Crippen LogP contribution in [0.4, 0.5) is 0 Å². The second kappa shape index (κ2) is 9.65. The Kier molecular flexibility index (Phi) is 5.28. The third-order valence-corrected chi connectivity index (χ3v) is 9.37. The molecule has 3 heterocycles. The topological polar surface area (TPSA) is 31.0 Å². The normalized spacial score (nSPS) is 11.9. The largest absolute Gasteiger partial charge is 0.456 e. The van der Waals surface area contributed by atoms with Gasteiger partial charge < -0.3 is 8.98 Å². The van der Waals surface area contributed by atoms with E-state index in [1.807, 2.05) is 0 Å². The molecule has 0 unspecified atom stereocenters. The summed E-state index contributed by atoms with van der Waals surface area (Å²) in [6, 6.07) is 55.9. The van der Waals surface area contributed by atoms with Gasteiger partial charge in [0.1, 0.15) is 11.2 Å². The number of benzene rings is 7. The van der Waals surface area contributed by atoms with Gasteiger partial charge in [-0.3, -0.25) is 0 Å². The molecule has 0 atom stereocenters. The van der Waals surface area contributed by atoms with E-state index in [-0.39, 0.29) is 0 Å². The fourth-order valence-corrected chi connectivity index (χ4v) is 7.30. The Morgan fingerprint density at radius 1 is 0.457 bits per heavy atom. The van der Waals surface area contributed by atoms with Crippen molar-refractivity contribution in [3.8, 4) is 28.1 Å². The van der Waals surface area contributed by atoms with Gasteiger partial charge in [-0.15, -0.1) is 0 Å². The van der Waals surface area contributed by atoms with Crippen molar-refractivity contribution >= 4 is 65.4 Å². The molecule has 0 aliphatic heterocycles. The van der Waals surface area contributed by atoms with E-state index < -0.39 is 0 Å². The van der Waals surface area contributed by atoms with Crippen molar-refractivity contribution in [2.75, 3.05) is 0 Å². The third kappa shape index (κ3) is 3.63. The molecule has 3 aromatic heterocycles. The van der Waals surface area contributed by atoms with Crippen molar-refractivity contribution in [2.45, 2.75) is 0 Å². The summed E-state index contributed by atoms with van der Waals surface area (Å²) < 4.78 is 8.83. The molecule has 0 bridgehead atoms. The third-order valence-electron chi connectivity index (χ3n) is 9.37. The first-order valence-electron chi connectivity index (χ1n) is 15.6. The first-order valence-corrected chi connectivity index (χ1v) is 15.6. The molecule has 0 saturated heterocycles. The number of para-hydroxylation sites is 2. The molecule has 0 saturated carbocycles. The van der Waals surface area contributed by atoms with Gasteiger partial charge in [-0.05, 0) is 70.4 Å². The number of hydrogen-bond donors (Lipinski definition) is 0. The molecule has 3 nitrogen and oxygen atoms in total. The molecular weight excluding hydrogens is 560 g/mol. The van der Waals surface area contributed by atoms with Crippen LogP contribution in [0, 0.1) is 0 Å². The van der Waals surface area contributed by atoms with Crippen molar-refractivity contribution in [3.63, 3.8) is 0 Å². The predicted octanol–water partition coefficient (Wildman–Crippen LogP) is 11.7. The molecule has 3 heteroatoms. The average Bonchev–Trinajstić information content (AvgIpc) is 3.68. The van der Waals surface area contributed by atoms with Crippen LogP contribution in [0.15, 0.2) is 162 Å². The van der Waals surface area contributed by atoms with Crippen LogP contribution >= 0.6 is 0 Å². The molecule has 0 aliphatic carbocycles. The first-order chi connectivity index (χ1) is 22.8. The fourth-order valence-electron chi connectivity index (χ4n) is 7.30. The molecule has 214 valence electrons. The van der Waals surface area contributed by atoms with E-state index in [0.717, 1.165) is 66.4 Å². The van der Waals surface area contributed by atoms with Crippen LogP contribution in [0.1, 0.15) is 0 Å². The van der Waals surface area contributed by atoms with Crippen molar-refractivity contribution in [1.29, 1.82) is 0 Å². The maximum absolute atomic E-state index is 6.47. The van der Waals surface area contributed by atoms with Crippen molar-refractivity contribution in [3.05, 3.63) is 158 Å². The standard InChI is InChI=1S/C43H26N2O/c1-3-11-27(12-4-1)35-26-36(29-19-21-33-32-17-9-10-18-37(32)45(38(33)25-29)30-14-5-2-6-15-30)44-43-34(35)22-24-40-42(43)41-31-16-8-7-13-28(31)20-23-39(41)46-40/h1-26H. The van der Waals surface area contributed by atoms with Gasteiger partial charge in [-0.2, -0.15) is 0 Å². The monoisotopic (exact) mass is 586 g/mol. The zero-order valence-electron chi connectivity index (χ0n) is 24.8. The summed E-state index contributed by atoms with van der Waals surface area (Å²) >= 11 is 0. The van der Waals surface area contributed by atoms with Crippen LogP contribution in [0.3, 0.4) is 0 Å². The van der Waals surface area contributed by atoms with E-state index in [1.54, 1.807) is 0 Å². The highest BCUT2D eigenvalue weighted by Gasteiger charge is 2.19. The highest BCUT2D eigenvalue weighted by atomic mass is 16.3. The summed E-state index contributed by atoms with van der Waals surface area (Å²) in [4.78, 5) is 5.48. The quantitative estimate of drug-likeness (QED) is 0.206. The van der Waals surface area contributed by atoms with E-state index in [1.165, 1.54) is 27.1 Å². The lowest BCUT2D eigenvalue weighted by atomic mass is 9.95. The first kappa shape index (κ1) is 25.2. The maximum Gasteiger partial charge on any atom is 0.137 e. The van der Waals surface area contributed by atoms with Gasteiger partial charge in [0.2, 0.25) is 0 Å². The van der Waals surface area contributed by atoms with Crippen molar-refractivity contribution < 1.29 is 4.42 Å². The highest BCUT2D eigenvalue weighted by molar-refractivity contribution is 6.26. The Labute approximate surface area is 264 Å². The van der Waals surface area contributed by atoms with Gasteiger partial charge in [0, 0.05) is 32.8 Å². The van der Waals surface area contributed by atoms with Gasteiger partial charge in [0.25, 0.3) is 0 Å². The molecule has 0 spiro atoms. The lowest BCUT2D eigenvalue weighted by molar-refractivity contribution is 0.669. The van der Waals surface area contributed by atoms with E-state index in [2.05, 4.69) is 162 Å². The average molecular weight is 587 g/mol. The van der Waals surface area contributed by atoms with Gasteiger partial charge in [-0.25, -0.2) is 4.98 Å². The predicted molar refractivity (Wildman–Crippen MR) is 192 cm³/mol.